The van der Waals surface area contributed by atoms with Crippen molar-refractivity contribution in [3.63, 3.8) is 0 Å². The van der Waals surface area contributed by atoms with Crippen molar-refractivity contribution in [3.05, 3.63) is 35.6 Å². The molecule has 1 aromatic rings. The molecule has 0 aliphatic heterocycles. The summed E-state index contributed by atoms with van der Waals surface area (Å²) in [6.45, 7) is 4.43. The maximum atomic E-state index is 12.8. The van der Waals surface area contributed by atoms with E-state index in [1.54, 1.807) is 19.2 Å². The fourth-order valence-electron chi connectivity index (χ4n) is 1.74. The minimum atomic E-state index is -3.50. The molecule has 0 bridgehead atoms. The molecule has 0 atom stereocenters. The number of rotatable bonds is 10. The molecule has 1 rings (SSSR count). The van der Waals surface area contributed by atoms with Crippen molar-refractivity contribution in [1.82, 2.24) is 14.3 Å². The summed E-state index contributed by atoms with van der Waals surface area (Å²) in [5, 5.41) is 3.23. The molecule has 0 aliphatic carbocycles. The topological polar surface area (TPSA) is 61.4 Å². The molecule has 5 nitrogen and oxygen atoms in total. The van der Waals surface area contributed by atoms with Crippen LogP contribution in [0.2, 0.25) is 0 Å². The van der Waals surface area contributed by atoms with Gasteiger partial charge in [0.1, 0.15) is 5.82 Å². The summed E-state index contributed by atoms with van der Waals surface area (Å²) in [6.07, 6.45) is 1.82. The van der Waals surface area contributed by atoms with Crippen LogP contribution in [0, 0.1) is 5.82 Å². The van der Waals surface area contributed by atoms with E-state index in [2.05, 4.69) is 17.0 Å². The maximum Gasteiger partial charge on any atom is 0.279 e. The first-order valence-electron chi connectivity index (χ1n) is 7.12. The number of hydrogen-bond donors (Lipinski definition) is 2. The maximum absolute atomic E-state index is 12.8. The third-order valence-electron chi connectivity index (χ3n) is 3.04. The third kappa shape index (κ3) is 6.99. The van der Waals surface area contributed by atoms with E-state index in [1.807, 2.05) is 0 Å². The van der Waals surface area contributed by atoms with Crippen molar-refractivity contribution in [2.45, 2.75) is 26.3 Å². The van der Waals surface area contributed by atoms with Gasteiger partial charge in [-0.05, 0) is 43.6 Å². The van der Waals surface area contributed by atoms with Crippen molar-refractivity contribution in [2.24, 2.45) is 0 Å². The molecule has 0 unspecified atom stereocenters. The molecule has 0 radical (unpaired) electrons. The second-order valence-corrected chi connectivity index (χ2v) is 6.74. The molecule has 0 spiro atoms. The van der Waals surface area contributed by atoms with Crippen LogP contribution in [0.25, 0.3) is 0 Å². The first kappa shape index (κ1) is 18.0. The summed E-state index contributed by atoms with van der Waals surface area (Å²) in [6, 6.07) is 5.75. The summed E-state index contributed by atoms with van der Waals surface area (Å²) in [4.78, 5) is 0. The van der Waals surface area contributed by atoms with Gasteiger partial charge in [-0.1, -0.05) is 19.1 Å². The second kappa shape index (κ2) is 9.09. The zero-order valence-electron chi connectivity index (χ0n) is 12.6. The summed E-state index contributed by atoms with van der Waals surface area (Å²) in [7, 11) is -1.95. The fourth-order valence-corrected chi connectivity index (χ4v) is 2.67. The normalized spacial score (nSPS) is 12.0. The zero-order valence-corrected chi connectivity index (χ0v) is 13.4. The van der Waals surface area contributed by atoms with E-state index in [9.17, 15) is 12.8 Å². The van der Waals surface area contributed by atoms with Gasteiger partial charge in [0.05, 0.1) is 0 Å². The van der Waals surface area contributed by atoms with Gasteiger partial charge >= 0.3 is 0 Å². The Bertz CT molecular complexity index is 505. The van der Waals surface area contributed by atoms with E-state index in [0.29, 0.717) is 6.54 Å². The summed E-state index contributed by atoms with van der Waals surface area (Å²) >= 11 is 0. The Morgan fingerprint density at radius 2 is 1.86 bits per heavy atom. The van der Waals surface area contributed by atoms with Gasteiger partial charge in [-0.15, -0.1) is 0 Å². The number of benzene rings is 1. The van der Waals surface area contributed by atoms with Crippen LogP contribution in [0.1, 0.15) is 25.3 Å². The van der Waals surface area contributed by atoms with Crippen molar-refractivity contribution in [2.75, 3.05) is 26.7 Å². The predicted octanol–water partition coefficient (Wildman–Crippen LogP) is 1.48. The Morgan fingerprint density at radius 1 is 1.19 bits per heavy atom. The lowest BCUT2D eigenvalue weighted by atomic mass is 10.2. The largest absolute Gasteiger partial charge is 0.317 e. The van der Waals surface area contributed by atoms with Crippen LogP contribution in [0.5, 0.6) is 0 Å². The molecule has 0 aromatic heterocycles. The van der Waals surface area contributed by atoms with E-state index in [-0.39, 0.29) is 12.4 Å². The average molecular weight is 317 g/mol. The van der Waals surface area contributed by atoms with Gasteiger partial charge in [-0.25, -0.2) is 4.39 Å². The quantitative estimate of drug-likeness (QED) is 0.643. The van der Waals surface area contributed by atoms with E-state index in [1.165, 1.54) is 16.4 Å². The van der Waals surface area contributed by atoms with Gasteiger partial charge < -0.3 is 5.32 Å². The van der Waals surface area contributed by atoms with Crippen molar-refractivity contribution in [1.29, 1.82) is 0 Å². The van der Waals surface area contributed by atoms with Crippen molar-refractivity contribution >= 4 is 10.2 Å². The van der Waals surface area contributed by atoms with Gasteiger partial charge in [0, 0.05) is 20.1 Å². The van der Waals surface area contributed by atoms with Crippen LogP contribution in [0.3, 0.4) is 0 Å². The molecule has 2 N–H and O–H groups in total. The van der Waals surface area contributed by atoms with E-state index >= 15 is 0 Å². The molecule has 7 heteroatoms. The van der Waals surface area contributed by atoms with Gasteiger partial charge in [-0.2, -0.15) is 17.4 Å². The summed E-state index contributed by atoms with van der Waals surface area (Å²) in [5.41, 5.74) is 0.720. The fraction of sp³-hybridized carbons (Fsp3) is 0.571. The van der Waals surface area contributed by atoms with Crippen LogP contribution in [-0.2, 0) is 16.8 Å². The first-order valence-corrected chi connectivity index (χ1v) is 8.56. The number of hydrogen-bond acceptors (Lipinski definition) is 3. The van der Waals surface area contributed by atoms with Gasteiger partial charge in [0.15, 0.2) is 0 Å². The smallest absolute Gasteiger partial charge is 0.279 e. The van der Waals surface area contributed by atoms with Crippen LogP contribution in [0.15, 0.2) is 24.3 Å². The molecule has 0 fully saturated rings. The predicted molar refractivity (Wildman–Crippen MR) is 82.6 cm³/mol. The lowest BCUT2D eigenvalue weighted by Crippen LogP contribution is -2.39. The number of nitrogens with zero attached hydrogens (tertiary/aromatic N) is 1. The molecule has 1 aromatic carbocycles. The third-order valence-corrected chi connectivity index (χ3v) is 4.55. The van der Waals surface area contributed by atoms with Crippen molar-refractivity contribution in [3.8, 4) is 0 Å². The van der Waals surface area contributed by atoms with Gasteiger partial charge in [0.2, 0.25) is 0 Å². The van der Waals surface area contributed by atoms with Crippen molar-refractivity contribution < 1.29 is 12.8 Å². The molecule has 0 saturated carbocycles. The Hall–Kier alpha value is -1.02. The molecular weight excluding hydrogens is 293 g/mol. The molecule has 0 saturated heterocycles. The lowest BCUT2D eigenvalue weighted by Gasteiger charge is -2.17. The zero-order chi connectivity index (χ0) is 15.7. The standard InChI is InChI=1S/C14H24FN3O2S/c1-3-9-16-10-4-11-18(2)21(19,20)17-12-13-5-7-14(15)8-6-13/h5-8,16-17H,3-4,9-12H2,1-2H3. The minimum Gasteiger partial charge on any atom is -0.317 e. The molecule has 21 heavy (non-hydrogen) atoms. The first-order chi connectivity index (χ1) is 9.95. The van der Waals surface area contributed by atoms with Gasteiger partial charge in [0.25, 0.3) is 10.2 Å². The summed E-state index contributed by atoms with van der Waals surface area (Å²) in [5.74, 6) is -0.335. The Morgan fingerprint density at radius 3 is 2.48 bits per heavy atom. The lowest BCUT2D eigenvalue weighted by molar-refractivity contribution is 0.444. The highest BCUT2D eigenvalue weighted by molar-refractivity contribution is 7.87. The second-order valence-electron chi connectivity index (χ2n) is 4.88. The summed E-state index contributed by atoms with van der Waals surface area (Å²) < 4.78 is 40.6. The molecular formula is C14H24FN3O2S. The average Bonchev–Trinajstić information content (AvgIpc) is 2.46. The molecule has 120 valence electrons. The Labute approximate surface area is 126 Å². The molecule has 0 heterocycles. The minimum absolute atomic E-state index is 0.154. The van der Waals surface area contributed by atoms with Gasteiger partial charge in [-0.3, -0.25) is 0 Å². The number of nitrogens with one attached hydrogen (secondary N) is 2. The Kier molecular flexibility index (Phi) is 7.81. The monoisotopic (exact) mass is 317 g/mol. The van der Waals surface area contributed by atoms with Crippen LogP contribution in [-0.4, -0.2) is 39.4 Å². The Balaban J connectivity index is 2.36. The van der Waals surface area contributed by atoms with E-state index in [4.69, 9.17) is 0 Å². The molecule has 0 aliphatic rings. The van der Waals surface area contributed by atoms with Crippen LogP contribution in [0.4, 0.5) is 4.39 Å². The highest BCUT2D eigenvalue weighted by Gasteiger charge is 2.16. The van der Waals surface area contributed by atoms with E-state index < -0.39 is 10.2 Å². The highest BCUT2D eigenvalue weighted by Crippen LogP contribution is 2.04. The molecule has 0 amide bonds. The van der Waals surface area contributed by atoms with Crippen LogP contribution < -0.4 is 10.0 Å². The number of halogens is 1. The van der Waals surface area contributed by atoms with E-state index in [0.717, 1.165) is 31.5 Å². The highest BCUT2D eigenvalue weighted by atomic mass is 32.2. The van der Waals surface area contributed by atoms with Crippen LogP contribution >= 0.6 is 0 Å². The SMILES string of the molecule is CCCNCCCN(C)S(=O)(=O)NCc1ccc(F)cc1.